The molecule has 2 N–H and O–H groups in total. The van der Waals surface area contributed by atoms with E-state index in [1.54, 1.807) is 42.2 Å². The molecule has 0 fully saturated rings. The Kier molecular flexibility index (Phi) is 9.07. The first kappa shape index (κ1) is 21.5. The summed E-state index contributed by atoms with van der Waals surface area (Å²) >= 11 is 1.63. The number of amides is 2. The van der Waals surface area contributed by atoms with E-state index in [1.165, 1.54) is 0 Å². The Labute approximate surface area is 169 Å². The topological polar surface area (TPSA) is 79.8 Å². The molecule has 0 aromatic heterocycles. The number of benzene rings is 2. The summed E-state index contributed by atoms with van der Waals surface area (Å²) in [7, 11) is 0. The molecule has 0 heterocycles. The molecule has 28 heavy (non-hydrogen) atoms. The van der Waals surface area contributed by atoms with Crippen LogP contribution >= 0.6 is 11.8 Å². The number of hydrogen-bond donors (Lipinski definition) is 2. The van der Waals surface area contributed by atoms with Gasteiger partial charge in [-0.1, -0.05) is 18.2 Å². The highest BCUT2D eigenvalue weighted by molar-refractivity contribution is 7.99. The third kappa shape index (κ3) is 8.73. The van der Waals surface area contributed by atoms with Crippen LogP contribution < -0.4 is 15.5 Å². The summed E-state index contributed by atoms with van der Waals surface area (Å²) in [6.07, 6.45) is 1.96. The van der Waals surface area contributed by atoms with E-state index in [0.717, 1.165) is 10.5 Å². The average molecular weight is 400 g/mol. The minimum Gasteiger partial charge on any atom is -0.484 e. The fraction of sp³-hybridized carbons (Fsp3) is 0.286. The molecule has 0 bridgehead atoms. The largest absolute Gasteiger partial charge is 0.484 e. The van der Waals surface area contributed by atoms with E-state index in [1.807, 2.05) is 44.2 Å². The minimum atomic E-state index is -0.159. The molecular weight excluding hydrogens is 374 g/mol. The number of carbonyl (C=O) groups excluding carboxylic acids is 2. The third-order valence-corrected chi connectivity index (χ3v) is 4.46. The van der Waals surface area contributed by atoms with Crippen LogP contribution in [0.4, 0.5) is 0 Å². The van der Waals surface area contributed by atoms with E-state index in [2.05, 4.69) is 15.8 Å². The number of ether oxygens (including phenoxy) is 1. The summed E-state index contributed by atoms with van der Waals surface area (Å²) in [6, 6.07) is 17.1. The zero-order valence-electron chi connectivity index (χ0n) is 16.1. The van der Waals surface area contributed by atoms with Gasteiger partial charge in [-0.05, 0) is 55.8 Å². The molecular formula is C21H25N3O3S. The molecule has 0 aliphatic rings. The van der Waals surface area contributed by atoms with Crippen LogP contribution in [0.25, 0.3) is 0 Å². The first-order valence-electron chi connectivity index (χ1n) is 9.05. The van der Waals surface area contributed by atoms with Gasteiger partial charge in [-0.2, -0.15) is 5.10 Å². The van der Waals surface area contributed by atoms with Crippen molar-refractivity contribution in [3.8, 4) is 5.75 Å². The van der Waals surface area contributed by atoms with Gasteiger partial charge in [0.05, 0.1) is 6.21 Å². The van der Waals surface area contributed by atoms with E-state index in [4.69, 9.17) is 4.74 Å². The summed E-state index contributed by atoms with van der Waals surface area (Å²) in [4.78, 5) is 24.5. The summed E-state index contributed by atoms with van der Waals surface area (Å²) in [5.74, 6) is 1.00. The molecule has 6 nitrogen and oxygen atoms in total. The second kappa shape index (κ2) is 11.8. The summed E-state index contributed by atoms with van der Waals surface area (Å²) in [5, 5.41) is 6.72. The van der Waals surface area contributed by atoms with Gasteiger partial charge in [-0.25, -0.2) is 5.43 Å². The van der Waals surface area contributed by atoms with Crippen molar-refractivity contribution in [1.29, 1.82) is 0 Å². The standard InChI is InChI=1S/C21H25N3O3S/c1-16(2)23-21(26)15-27-18-10-8-17(9-11-18)14-22-24-20(25)12-13-28-19-6-4-3-5-7-19/h3-11,14,16H,12-13,15H2,1-2H3,(H,23,26)(H,24,25)/b22-14-. The van der Waals surface area contributed by atoms with Gasteiger partial charge in [-0.3, -0.25) is 9.59 Å². The van der Waals surface area contributed by atoms with Crippen molar-refractivity contribution in [2.45, 2.75) is 31.2 Å². The van der Waals surface area contributed by atoms with Gasteiger partial charge in [0.25, 0.3) is 5.91 Å². The van der Waals surface area contributed by atoms with Crippen molar-refractivity contribution in [3.63, 3.8) is 0 Å². The fourth-order valence-corrected chi connectivity index (χ4v) is 3.05. The molecule has 0 unspecified atom stereocenters. The van der Waals surface area contributed by atoms with E-state index in [-0.39, 0.29) is 24.5 Å². The Morgan fingerprint density at radius 1 is 1.07 bits per heavy atom. The van der Waals surface area contributed by atoms with Crippen LogP contribution in [-0.2, 0) is 9.59 Å². The number of hydrogen-bond acceptors (Lipinski definition) is 5. The zero-order chi connectivity index (χ0) is 20.2. The molecule has 0 saturated carbocycles. The van der Waals surface area contributed by atoms with Gasteiger partial charge in [0, 0.05) is 23.1 Å². The predicted molar refractivity (Wildman–Crippen MR) is 113 cm³/mol. The first-order valence-corrected chi connectivity index (χ1v) is 10.0. The predicted octanol–water partition coefficient (Wildman–Crippen LogP) is 3.22. The lowest BCUT2D eigenvalue weighted by molar-refractivity contribution is -0.123. The number of rotatable bonds is 10. The highest BCUT2D eigenvalue weighted by Crippen LogP contribution is 2.17. The van der Waals surface area contributed by atoms with Gasteiger partial charge in [-0.15, -0.1) is 11.8 Å². The maximum absolute atomic E-state index is 11.8. The molecule has 2 amide bonds. The number of carbonyl (C=O) groups is 2. The highest BCUT2D eigenvalue weighted by Gasteiger charge is 2.04. The van der Waals surface area contributed by atoms with Crippen molar-refractivity contribution in [1.82, 2.24) is 10.7 Å². The van der Waals surface area contributed by atoms with Crippen molar-refractivity contribution < 1.29 is 14.3 Å². The van der Waals surface area contributed by atoms with Crippen molar-refractivity contribution in [3.05, 3.63) is 60.2 Å². The summed E-state index contributed by atoms with van der Waals surface area (Å²) < 4.78 is 5.42. The van der Waals surface area contributed by atoms with Crippen LogP contribution in [0.3, 0.4) is 0 Å². The van der Waals surface area contributed by atoms with E-state index in [0.29, 0.717) is 17.9 Å². The van der Waals surface area contributed by atoms with Crippen molar-refractivity contribution >= 4 is 29.8 Å². The van der Waals surface area contributed by atoms with Crippen LogP contribution in [-0.4, -0.2) is 36.4 Å². The van der Waals surface area contributed by atoms with E-state index in [9.17, 15) is 9.59 Å². The molecule has 2 rings (SSSR count). The van der Waals surface area contributed by atoms with Gasteiger partial charge < -0.3 is 10.1 Å². The Morgan fingerprint density at radius 3 is 2.46 bits per heavy atom. The lowest BCUT2D eigenvalue weighted by Gasteiger charge is -2.09. The van der Waals surface area contributed by atoms with Crippen LogP contribution in [0.15, 0.2) is 64.6 Å². The lowest BCUT2D eigenvalue weighted by Crippen LogP contribution is -2.34. The Hall–Kier alpha value is -2.80. The smallest absolute Gasteiger partial charge is 0.258 e. The number of hydrazone groups is 1. The maximum Gasteiger partial charge on any atom is 0.258 e. The molecule has 148 valence electrons. The molecule has 0 aliphatic carbocycles. The quantitative estimate of drug-likeness (QED) is 0.365. The molecule has 2 aromatic carbocycles. The van der Waals surface area contributed by atoms with Crippen molar-refractivity contribution in [2.75, 3.05) is 12.4 Å². The summed E-state index contributed by atoms with van der Waals surface area (Å²) in [6.45, 7) is 3.77. The Bertz CT molecular complexity index is 777. The third-order valence-electron chi connectivity index (χ3n) is 3.44. The van der Waals surface area contributed by atoms with Gasteiger partial charge >= 0.3 is 0 Å². The normalized spacial score (nSPS) is 10.8. The Balaban J connectivity index is 1.67. The van der Waals surface area contributed by atoms with Gasteiger partial charge in [0.2, 0.25) is 5.91 Å². The zero-order valence-corrected chi connectivity index (χ0v) is 16.9. The van der Waals surface area contributed by atoms with Crippen LogP contribution in [0.2, 0.25) is 0 Å². The van der Waals surface area contributed by atoms with Crippen molar-refractivity contribution in [2.24, 2.45) is 5.10 Å². The Morgan fingerprint density at radius 2 is 1.79 bits per heavy atom. The number of nitrogens with zero attached hydrogens (tertiary/aromatic N) is 1. The monoisotopic (exact) mass is 399 g/mol. The first-order chi connectivity index (χ1) is 13.5. The second-order valence-electron chi connectivity index (χ2n) is 6.28. The lowest BCUT2D eigenvalue weighted by atomic mass is 10.2. The van der Waals surface area contributed by atoms with Crippen LogP contribution in [0, 0.1) is 0 Å². The average Bonchev–Trinajstić information content (AvgIpc) is 2.68. The molecule has 0 spiro atoms. The van der Waals surface area contributed by atoms with Gasteiger partial charge in [0.15, 0.2) is 6.61 Å². The molecule has 0 atom stereocenters. The van der Waals surface area contributed by atoms with Crippen LogP contribution in [0.1, 0.15) is 25.8 Å². The summed E-state index contributed by atoms with van der Waals surface area (Å²) in [5.41, 5.74) is 3.34. The number of thioether (sulfide) groups is 1. The molecule has 0 aliphatic heterocycles. The molecule has 2 aromatic rings. The SMILES string of the molecule is CC(C)NC(=O)COc1ccc(/C=N\NC(=O)CCSc2ccccc2)cc1. The van der Waals surface area contributed by atoms with E-state index < -0.39 is 0 Å². The fourth-order valence-electron chi connectivity index (χ4n) is 2.18. The second-order valence-corrected chi connectivity index (χ2v) is 7.45. The van der Waals surface area contributed by atoms with Crippen LogP contribution in [0.5, 0.6) is 5.75 Å². The molecule has 7 heteroatoms. The molecule has 0 radical (unpaired) electrons. The molecule has 0 saturated heterocycles. The van der Waals surface area contributed by atoms with E-state index >= 15 is 0 Å². The maximum atomic E-state index is 11.8. The number of nitrogens with one attached hydrogen (secondary N) is 2. The van der Waals surface area contributed by atoms with Gasteiger partial charge in [0.1, 0.15) is 5.75 Å². The highest BCUT2D eigenvalue weighted by atomic mass is 32.2. The minimum absolute atomic E-state index is 0.0251.